The fourth-order valence-electron chi connectivity index (χ4n) is 3.78. The summed E-state index contributed by atoms with van der Waals surface area (Å²) in [4.78, 5) is 15.7. The first-order chi connectivity index (χ1) is 15.2. The zero-order valence-electron chi connectivity index (χ0n) is 17.0. The van der Waals surface area contributed by atoms with Gasteiger partial charge in [0.1, 0.15) is 11.3 Å². The van der Waals surface area contributed by atoms with Gasteiger partial charge in [-0.2, -0.15) is 4.98 Å². The summed E-state index contributed by atoms with van der Waals surface area (Å²) in [6.07, 6.45) is 1.74. The van der Waals surface area contributed by atoms with Gasteiger partial charge in [-0.25, -0.2) is 4.98 Å². The maximum atomic E-state index is 6.04. The van der Waals surface area contributed by atoms with Gasteiger partial charge in [0.25, 0.3) is 0 Å². The average molecular weight is 413 g/mol. The van der Waals surface area contributed by atoms with Crippen molar-refractivity contribution in [2.45, 2.75) is 0 Å². The minimum Gasteiger partial charge on any atom is -0.399 e. The highest BCUT2D eigenvalue weighted by molar-refractivity contribution is 5.99. The Balaban J connectivity index is 1.49. The van der Waals surface area contributed by atoms with Crippen LogP contribution in [0.5, 0.6) is 0 Å². The van der Waals surface area contributed by atoms with Crippen molar-refractivity contribution < 1.29 is 4.74 Å². The number of rotatable bonds is 4. The number of aromatic nitrogens is 3. The molecule has 0 amide bonds. The summed E-state index contributed by atoms with van der Waals surface area (Å²) in [7, 11) is 0. The number of anilines is 5. The molecule has 4 aromatic rings. The van der Waals surface area contributed by atoms with Crippen molar-refractivity contribution in [3.8, 4) is 11.3 Å². The molecule has 156 valence electrons. The number of nitrogens with one attached hydrogen (secondary N) is 1. The van der Waals surface area contributed by atoms with Crippen LogP contribution in [-0.4, -0.2) is 41.3 Å². The number of benzene rings is 2. The minimum atomic E-state index is 0.179. The zero-order valence-corrected chi connectivity index (χ0v) is 17.0. The van der Waals surface area contributed by atoms with Gasteiger partial charge in [-0.15, -0.1) is 0 Å². The normalized spacial score (nSPS) is 14.0. The summed E-state index contributed by atoms with van der Waals surface area (Å²) in [5, 5.41) is 4.21. The lowest BCUT2D eigenvalue weighted by Gasteiger charge is -2.28. The first kappa shape index (κ1) is 19.1. The van der Waals surface area contributed by atoms with Crippen LogP contribution in [0.1, 0.15) is 0 Å². The third-order valence-electron chi connectivity index (χ3n) is 5.30. The van der Waals surface area contributed by atoms with Crippen molar-refractivity contribution in [1.82, 2.24) is 15.0 Å². The molecule has 0 spiro atoms. The Morgan fingerprint density at radius 2 is 1.74 bits per heavy atom. The second-order valence-corrected chi connectivity index (χ2v) is 7.38. The molecule has 2 aromatic carbocycles. The Kier molecular flexibility index (Phi) is 4.97. The first-order valence-corrected chi connectivity index (χ1v) is 10.2. The first-order valence-electron chi connectivity index (χ1n) is 10.2. The molecule has 0 aliphatic carbocycles. The summed E-state index contributed by atoms with van der Waals surface area (Å²) in [6.45, 7) is 3.32. The van der Waals surface area contributed by atoms with Crippen molar-refractivity contribution in [2.24, 2.45) is 0 Å². The number of fused-ring (bicyclic) bond motifs is 1. The monoisotopic (exact) mass is 413 g/mol. The predicted octanol–water partition coefficient (Wildman–Crippen LogP) is 3.44. The van der Waals surface area contributed by atoms with Gasteiger partial charge < -0.3 is 26.4 Å². The van der Waals surface area contributed by atoms with Gasteiger partial charge in [-0.3, -0.25) is 4.98 Å². The molecule has 8 heteroatoms. The molecule has 5 N–H and O–H groups in total. The largest absolute Gasteiger partial charge is 0.399 e. The highest BCUT2D eigenvalue weighted by atomic mass is 16.5. The molecule has 8 nitrogen and oxygen atoms in total. The van der Waals surface area contributed by atoms with E-state index >= 15 is 0 Å². The van der Waals surface area contributed by atoms with Crippen LogP contribution in [0.15, 0.2) is 60.8 Å². The van der Waals surface area contributed by atoms with E-state index in [2.05, 4.69) is 37.3 Å². The van der Waals surface area contributed by atoms with Crippen molar-refractivity contribution in [3.05, 3.63) is 60.8 Å². The van der Waals surface area contributed by atoms with Crippen molar-refractivity contribution in [2.75, 3.05) is 48.0 Å². The van der Waals surface area contributed by atoms with Crippen LogP contribution < -0.4 is 21.7 Å². The number of pyridine rings is 1. The van der Waals surface area contributed by atoms with E-state index in [0.29, 0.717) is 22.7 Å². The SMILES string of the molecule is Nc1cccc(-c2nccc3c(Nc4ccc(N5CCOCC5)cc4)nc(N)nc23)c1. The van der Waals surface area contributed by atoms with E-state index in [0.717, 1.165) is 42.9 Å². The van der Waals surface area contributed by atoms with Crippen LogP contribution in [0.2, 0.25) is 0 Å². The van der Waals surface area contributed by atoms with E-state index in [9.17, 15) is 0 Å². The van der Waals surface area contributed by atoms with Gasteiger partial charge in [0, 0.05) is 47.3 Å². The fourth-order valence-corrected chi connectivity index (χ4v) is 3.78. The van der Waals surface area contributed by atoms with Gasteiger partial charge in [0.05, 0.1) is 18.9 Å². The van der Waals surface area contributed by atoms with Crippen LogP contribution in [0, 0.1) is 0 Å². The zero-order chi connectivity index (χ0) is 21.2. The molecule has 0 atom stereocenters. The second-order valence-electron chi connectivity index (χ2n) is 7.38. The molecule has 0 saturated carbocycles. The van der Waals surface area contributed by atoms with E-state index in [1.165, 1.54) is 5.69 Å². The molecule has 2 aromatic heterocycles. The number of nitrogen functional groups attached to an aromatic ring is 2. The molecular formula is C23H23N7O. The Morgan fingerprint density at radius 3 is 2.52 bits per heavy atom. The molecule has 31 heavy (non-hydrogen) atoms. The van der Waals surface area contributed by atoms with Gasteiger partial charge in [-0.1, -0.05) is 12.1 Å². The van der Waals surface area contributed by atoms with Crippen LogP contribution in [-0.2, 0) is 4.74 Å². The Hall–Kier alpha value is -3.91. The van der Waals surface area contributed by atoms with Gasteiger partial charge in [0.15, 0.2) is 0 Å². The quantitative estimate of drug-likeness (QED) is 0.436. The summed E-state index contributed by atoms with van der Waals surface area (Å²) in [5.41, 5.74) is 17.0. The Morgan fingerprint density at radius 1 is 0.935 bits per heavy atom. The highest BCUT2D eigenvalue weighted by Gasteiger charge is 2.14. The van der Waals surface area contributed by atoms with Crippen molar-refractivity contribution >= 4 is 39.7 Å². The molecule has 1 aliphatic heterocycles. The summed E-state index contributed by atoms with van der Waals surface area (Å²) >= 11 is 0. The summed E-state index contributed by atoms with van der Waals surface area (Å²) < 4.78 is 5.43. The number of hydrogen-bond donors (Lipinski definition) is 3. The molecule has 1 saturated heterocycles. The van der Waals surface area contributed by atoms with Gasteiger partial charge in [-0.05, 0) is 42.5 Å². The lowest BCUT2D eigenvalue weighted by molar-refractivity contribution is 0.122. The Bertz CT molecular complexity index is 1220. The second kappa shape index (κ2) is 8.08. The van der Waals surface area contributed by atoms with E-state index in [4.69, 9.17) is 16.2 Å². The number of nitrogens with zero attached hydrogens (tertiary/aromatic N) is 4. The lowest BCUT2D eigenvalue weighted by Crippen LogP contribution is -2.36. The fraction of sp³-hybridized carbons (Fsp3) is 0.174. The third kappa shape index (κ3) is 3.93. The van der Waals surface area contributed by atoms with Gasteiger partial charge in [0.2, 0.25) is 5.95 Å². The summed E-state index contributed by atoms with van der Waals surface area (Å²) in [5.74, 6) is 0.812. The predicted molar refractivity (Wildman–Crippen MR) is 124 cm³/mol. The van der Waals surface area contributed by atoms with Crippen molar-refractivity contribution in [3.63, 3.8) is 0 Å². The van der Waals surface area contributed by atoms with Crippen LogP contribution in [0.3, 0.4) is 0 Å². The van der Waals surface area contributed by atoms with Crippen LogP contribution in [0.4, 0.5) is 28.8 Å². The molecule has 0 bridgehead atoms. The van der Waals surface area contributed by atoms with E-state index in [1.54, 1.807) is 6.20 Å². The maximum Gasteiger partial charge on any atom is 0.222 e. The van der Waals surface area contributed by atoms with E-state index < -0.39 is 0 Å². The lowest BCUT2D eigenvalue weighted by atomic mass is 10.1. The number of ether oxygens (including phenoxy) is 1. The standard InChI is InChI=1S/C23H23N7O/c24-16-3-1-2-15(14-16)20-21-19(8-9-26-20)22(29-23(25)28-21)27-17-4-6-18(7-5-17)30-10-12-31-13-11-30/h1-9,14H,10-13,24H2,(H3,25,27,28,29). The minimum absolute atomic E-state index is 0.179. The number of hydrogen-bond acceptors (Lipinski definition) is 8. The van der Waals surface area contributed by atoms with Gasteiger partial charge >= 0.3 is 0 Å². The molecule has 5 rings (SSSR count). The smallest absolute Gasteiger partial charge is 0.222 e. The van der Waals surface area contributed by atoms with Crippen LogP contribution >= 0.6 is 0 Å². The van der Waals surface area contributed by atoms with Crippen LogP contribution in [0.25, 0.3) is 22.2 Å². The average Bonchev–Trinajstić information content (AvgIpc) is 2.80. The third-order valence-corrected chi connectivity index (χ3v) is 5.30. The van der Waals surface area contributed by atoms with E-state index in [-0.39, 0.29) is 5.95 Å². The molecule has 1 fully saturated rings. The highest BCUT2D eigenvalue weighted by Crippen LogP contribution is 2.31. The number of morpholine rings is 1. The molecular weight excluding hydrogens is 390 g/mol. The topological polar surface area (TPSA) is 115 Å². The maximum absolute atomic E-state index is 6.04. The molecule has 3 heterocycles. The van der Waals surface area contributed by atoms with Crippen molar-refractivity contribution in [1.29, 1.82) is 0 Å². The molecule has 1 aliphatic rings. The molecule has 0 unspecified atom stereocenters. The summed E-state index contributed by atoms with van der Waals surface area (Å²) in [6, 6.07) is 17.7. The Labute approximate surface area is 179 Å². The number of nitrogens with two attached hydrogens (primary N) is 2. The van der Waals surface area contributed by atoms with E-state index in [1.807, 2.05) is 42.5 Å². The molecule has 0 radical (unpaired) electrons.